The highest BCUT2D eigenvalue weighted by atomic mass is 32.2. The van der Waals surface area contributed by atoms with E-state index in [1.807, 2.05) is 6.92 Å². The maximum absolute atomic E-state index is 12.1. The number of aryl methyl sites for hydroxylation is 1. The van der Waals surface area contributed by atoms with Crippen molar-refractivity contribution >= 4 is 9.84 Å². The van der Waals surface area contributed by atoms with Crippen LogP contribution in [0.1, 0.15) is 25.8 Å². The summed E-state index contributed by atoms with van der Waals surface area (Å²) in [5.41, 5.74) is 1.02. The SMILES string of the molecule is CCC(O)C(C)S(=O)(=O)c1ccc(C)cc1. The third kappa shape index (κ3) is 2.62. The molecule has 0 bridgehead atoms. The number of hydrogen-bond acceptors (Lipinski definition) is 3. The second kappa shape index (κ2) is 4.97. The Kier molecular flexibility index (Phi) is 4.10. The van der Waals surface area contributed by atoms with E-state index in [9.17, 15) is 13.5 Å². The maximum atomic E-state index is 12.1. The third-order valence-electron chi connectivity index (χ3n) is 2.80. The van der Waals surface area contributed by atoms with E-state index in [0.717, 1.165) is 5.56 Å². The number of aliphatic hydroxyl groups excluding tert-OH is 1. The molecule has 0 aliphatic carbocycles. The van der Waals surface area contributed by atoms with Crippen LogP contribution in [0.25, 0.3) is 0 Å². The lowest BCUT2D eigenvalue weighted by molar-refractivity contribution is 0.168. The van der Waals surface area contributed by atoms with Crippen molar-refractivity contribution in [1.29, 1.82) is 0 Å². The molecule has 1 N–H and O–H groups in total. The van der Waals surface area contributed by atoms with Crippen LogP contribution in [-0.4, -0.2) is 24.9 Å². The van der Waals surface area contributed by atoms with Crippen LogP contribution in [-0.2, 0) is 9.84 Å². The number of benzene rings is 1. The smallest absolute Gasteiger partial charge is 0.183 e. The monoisotopic (exact) mass is 242 g/mol. The Labute approximate surface area is 97.0 Å². The molecule has 90 valence electrons. The molecule has 0 amide bonds. The molecule has 0 fully saturated rings. The summed E-state index contributed by atoms with van der Waals surface area (Å²) in [6.45, 7) is 5.22. The molecule has 0 radical (unpaired) electrons. The van der Waals surface area contributed by atoms with Crippen LogP contribution in [0.4, 0.5) is 0 Å². The Balaban J connectivity index is 3.07. The second-order valence-electron chi connectivity index (χ2n) is 4.04. The van der Waals surface area contributed by atoms with Crippen LogP contribution in [0.5, 0.6) is 0 Å². The first kappa shape index (κ1) is 13.2. The van der Waals surface area contributed by atoms with Crippen molar-refractivity contribution in [2.24, 2.45) is 0 Å². The molecule has 0 saturated heterocycles. The van der Waals surface area contributed by atoms with Gasteiger partial charge in [0.25, 0.3) is 0 Å². The van der Waals surface area contributed by atoms with Gasteiger partial charge in [0.2, 0.25) is 0 Å². The summed E-state index contributed by atoms with van der Waals surface area (Å²) in [7, 11) is -3.42. The molecule has 0 aliphatic heterocycles. The Hall–Kier alpha value is -0.870. The molecule has 0 saturated carbocycles. The number of hydrogen-bond donors (Lipinski definition) is 1. The first-order valence-corrected chi connectivity index (χ1v) is 6.93. The molecule has 0 aromatic heterocycles. The van der Waals surface area contributed by atoms with E-state index >= 15 is 0 Å². The third-order valence-corrected chi connectivity index (χ3v) is 5.02. The quantitative estimate of drug-likeness (QED) is 0.877. The number of sulfone groups is 1. The van der Waals surface area contributed by atoms with E-state index in [1.165, 1.54) is 0 Å². The zero-order valence-electron chi connectivity index (χ0n) is 9.84. The topological polar surface area (TPSA) is 54.4 Å². The lowest BCUT2D eigenvalue weighted by Gasteiger charge is -2.17. The van der Waals surface area contributed by atoms with Gasteiger partial charge in [0.05, 0.1) is 16.2 Å². The molecule has 0 spiro atoms. The van der Waals surface area contributed by atoms with E-state index in [1.54, 1.807) is 38.1 Å². The fraction of sp³-hybridized carbons (Fsp3) is 0.500. The van der Waals surface area contributed by atoms with Gasteiger partial charge in [0, 0.05) is 0 Å². The molecule has 2 atom stereocenters. The highest BCUT2D eigenvalue weighted by Crippen LogP contribution is 2.19. The van der Waals surface area contributed by atoms with Gasteiger partial charge in [0.1, 0.15) is 0 Å². The van der Waals surface area contributed by atoms with Crippen molar-refractivity contribution in [2.75, 3.05) is 0 Å². The molecular weight excluding hydrogens is 224 g/mol. The van der Waals surface area contributed by atoms with Crippen LogP contribution < -0.4 is 0 Å². The summed E-state index contributed by atoms with van der Waals surface area (Å²) in [4.78, 5) is 0.276. The zero-order chi connectivity index (χ0) is 12.3. The highest BCUT2D eigenvalue weighted by Gasteiger charge is 2.28. The van der Waals surface area contributed by atoms with Gasteiger partial charge in [-0.25, -0.2) is 8.42 Å². The summed E-state index contributed by atoms with van der Waals surface area (Å²) < 4.78 is 24.2. The largest absolute Gasteiger partial charge is 0.392 e. The fourth-order valence-electron chi connectivity index (χ4n) is 1.48. The van der Waals surface area contributed by atoms with Crippen LogP contribution >= 0.6 is 0 Å². The van der Waals surface area contributed by atoms with Crippen molar-refractivity contribution < 1.29 is 13.5 Å². The lowest BCUT2D eigenvalue weighted by atomic mass is 10.2. The van der Waals surface area contributed by atoms with E-state index < -0.39 is 21.2 Å². The fourth-order valence-corrected chi connectivity index (χ4v) is 3.03. The number of aliphatic hydroxyl groups is 1. The summed E-state index contributed by atoms with van der Waals surface area (Å²) in [5, 5.41) is 8.84. The van der Waals surface area contributed by atoms with Crippen molar-refractivity contribution in [2.45, 2.75) is 43.4 Å². The molecular formula is C12H18O3S. The molecule has 0 aliphatic rings. The minimum atomic E-state index is -3.42. The molecule has 4 heteroatoms. The standard InChI is InChI=1S/C12H18O3S/c1-4-12(13)10(3)16(14,15)11-7-5-9(2)6-8-11/h5-8,10,12-13H,4H2,1-3H3. The van der Waals surface area contributed by atoms with Gasteiger partial charge in [-0.3, -0.25) is 0 Å². The van der Waals surface area contributed by atoms with E-state index in [-0.39, 0.29) is 4.90 Å². The Morgan fingerprint density at radius 3 is 2.19 bits per heavy atom. The molecule has 3 nitrogen and oxygen atoms in total. The van der Waals surface area contributed by atoms with Gasteiger partial charge in [-0.15, -0.1) is 0 Å². The molecule has 1 aromatic carbocycles. The van der Waals surface area contributed by atoms with Crippen LogP contribution in [0.3, 0.4) is 0 Å². The zero-order valence-corrected chi connectivity index (χ0v) is 10.7. The van der Waals surface area contributed by atoms with Gasteiger partial charge in [-0.2, -0.15) is 0 Å². The Bertz CT molecular complexity index is 434. The maximum Gasteiger partial charge on any atom is 0.183 e. The second-order valence-corrected chi connectivity index (χ2v) is 6.34. The van der Waals surface area contributed by atoms with E-state index in [2.05, 4.69) is 0 Å². The lowest BCUT2D eigenvalue weighted by Crippen LogP contribution is -2.30. The summed E-state index contributed by atoms with van der Waals surface area (Å²) >= 11 is 0. The van der Waals surface area contributed by atoms with Gasteiger partial charge in [0.15, 0.2) is 9.84 Å². The number of rotatable bonds is 4. The normalized spacial score (nSPS) is 15.8. The molecule has 1 rings (SSSR count). The van der Waals surface area contributed by atoms with Crippen molar-refractivity contribution in [3.8, 4) is 0 Å². The van der Waals surface area contributed by atoms with Crippen LogP contribution in [0, 0.1) is 6.92 Å². The average Bonchev–Trinajstić information content (AvgIpc) is 2.27. The van der Waals surface area contributed by atoms with E-state index in [4.69, 9.17) is 0 Å². The minimum absolute atomic E-state index is 0.276. The first-order valence-electron chi connectivity index (χ1n) is 5.38. The summed E-state index contributed by atoms with van der Waals surface area (Å²) in [5.74, 6) is 0. The molecule has 16 heavy (non-hydrogen) atoms. The minimum Gasteiger partial charge on any atom is -0.392 e. The van der Waals surface area contributed by atoms with Crippen LogP contribution in [0.15, 0.2) is 29.2 Å². The Morgan fingerprint density at radius 1 is 1.25 bits per heavy atom. The summed E-state index contributed by atoms with van der Waals surface area (Å²) in [6, 6.07) is 6.70. The van der Waals surface area contributed by atoms with Gasteiger partial charge in [-0.05, 0) is 32.4 Å². The highest BCUT2D eigenvalue weighted by molar-refractivity contribution is 7.92. The van der Waals surface area contributed by atoms with Gasteiger partial charge in [-0.1, -0.05) is 24.6 Å². The Morgan fingerprint density at radius 2 is 1.75 bits per heavy atom. The first-order chi connectivity index (χ1) is 7.39. The van der Waals surface area contributed by atoms with Crippen molar-refractivity contribution in [3.05, 3.63) is 29.8 Å². The predicted octanol–water partition coefficient (Wildman–Crippen LogP) is 1.93. The predicted molar refractivity (Wildman–Crippen MR) is 64.1 cm³/mol. The molecule has 1 aromatic rings. The molecule has 2 unspecified atom stereocenters. The van der Waals surface area contributed by atoms with Crippen LogP contribution in [0.2, 0.25) is 0 Å². The van der Waals surface area contributed by atoms with Gasteiger partial charge < -0.3 is 5.11 Å². The average molecular weight is 242 g/mol. The van der Waals surface area contributed by atoms with Crippen molar-refractivity contribution in [1.82, 2.24) is 0 Å². The van der Waals surface area contributed by atoms with Crippen molar-refractivity contribution in [3.63, 3.8) is 0 Å². The molecule has 0 heterocycles. The summed E-state index contributed by atoms with van der Waals surface area (Å²) in [6.07, 6.45) is -0.377. The van der Waals surface area contributed by atoms with E-state index in [0.29, 0.717) is 6.42 Å². The van der Waals surface area contributed by atoms with Gasteiger partial charge >= 0.3 is 0 Å².